The van der Waals surface area contributed by atoms with Crippen LogP contribution in [-0.2, 0) is 6.42 Å². The number of benzene rings is 2. The second-order valence-corrected chi connectivity index (χ2v) is 6.65. The van der Waals surface area contributed by atoms with Crippen molar-refractivity contribution >= 4 is 0 Å². The van der Waals surface area contributed by atoms with E-state index >= 15 is 0 Å². The van der Waals surface area contributed by atoms with E-state index in [2.05, 4.69) is 4.98 Å². The molecule has 0 aliphatic rings. The molecule has 0 saturated carbocycles. The fourth-order valence-electron chi connectivity index (χ4n) is 3.07. The molecule has 2 heterocycles. The summed E-state index contributed by atoms with van der Waals surface area (Å²) in [5.41, 5.74) is 4.29. The van der Waals surface area contributed by atoms with Gasteiger partial charge >= 0.3 is 0 Å². The second kappa shape index (κ2) is 7.03. The van der Waals surface area contributed by atoms with Crippen LogP contribution in [0.1, 0.15) is 22.6 Å². The zero-order valence-corrected chi connectivity index (χ0v) is 15.3. The Morgan fingerprint density at radius 2 is 1.78 bits per heavy atom. The lowest BCUT2D eigenvalue weighted by atomic mass is 10.1. The van der Waals surface area contributed by atoms with Gasteiger partial charge in [0.15, 0.2) is 11.6 Å². The van der Waals surface area contributed by atoms with E-state index in [1.54, 1.807) is 10.7 Å². The molecular formula is C22H20N4O. The van der Waals surface area contributed by atoms with Crippen LogP contribution in [0.15, 0.2) is 71.5 Å². The molecule has 0 spiro atoms. The summed E-state index contributed by atoms with van der Waals surface area (Å²) in [6.07, 6.45) is 0.608. The van der Waals surface area contributed by atoms with Crippen LogP contribution >= 0.6 is 0 Å². The molecule has 0 aliphatic carbocycles. The van der Waals surface area contributed by atoms with Gasteiger partial charge in [0.25, 0.3) is 5.56 Å². The Kier molecular flexibility index (Phi) is 4.42. The molecule has 0 fully saturated rings. The van der Waals surface area contributed by atoms with Gasteiger partial charge in [-0.3, -0.25) is 4.79 Å². The fourth-order valence-corrected chi connectivity index (χ4v) is 3.07. The highest BCUT2D eigenvalue weighted by molar-refractivity contribution is 5.57. The smallest absolute Gasteiger partial charge is 0.259 e. The molecule has 5 heteroatoms. The molecule has 27 heavy (non-hydrogen) atoms. The van der Waals surface area contributed by atoms with Gasteiger partial charge in [-0.1, -0.05) is 42.5 Å². The third-order valence-corrected chi connectivity index (χ3v) is 4.40. The van der Waals surface area contributed by atoms with E-state index in [1.807, 2.05) is 74.5 Å². The van der Waals surface area contributed by atoms with Crippen molar-refractivity contribution in [2.75, 3.05) is 0 Å². The van der Waals surface area contributed by atoms with Gasteiger partial charge in [-0.15, -0.1) is 0 Å². The third-order valence-electron chi connectivity index (χ3n) is 4.40. The average molecular weight is 356 g/mol. The fraction of sp³-hybridized carbons (Fsp3) is 0.136. The summed E-state index contributed by atoms with van der Waals surface area (Å²) in [5.74, 6) is 1.23. The molecule has 0 bridgehead atoms. The van der Waals surface area contributed by atoms with E-state index in [1.165, 1.54) is 0 Å². The average Bonchev–Trinajstić information content (AvgIpc) is 3.06. The number of hydrogen-bond donors (Lipinski definition) is 1. The first-order chi connectivity index (χ1) is 13.1. The van der Waals surface area contributed by atoms with Crippen molar-refractivity contribution in [2.24, 2.45) is 0 Å². The Hall–Kier alpha value is -3.47. The number of nitrogens with one attached hydrogen (secondary N) is 1. The van der Waals surface area contributed by atoms with Crippen LogP contribution in [-0.4, -0.2) is 19.7 Å². The lowest BCUT2D eigenvalue weighted by Gasteiger charge is -2.06. The zero-order chi connectivity index (χ0) is 18.8. The molecule has 4 rings (SSSR count). The van der Waals surface area contributed by atoms with Gasteiger partial charge in [-0.05, 0) is 49.2 Å². The maximum absolute atomic E-state index is 12.5. The largest absolute Gasteiger partial charge is 0.326 e. The van der Waals surface area contributed by atoms with Crippen molar-refractivity contribution in [1.82, 2.24) is 19.7 Å². The predicted molar refractivity (Wildman–Crippen MR) is 106 cm³/mol. The Bertz CT molecular complexity index is 1140. The molecule has 5 nitrogen and oxygen atoms in total. The number of hydrogen-bond acceptors (Lipinski definition) is 3. The SMILES string of the molecule is Cc1cccc(-n2nc(Cc3ccccc3)nc2-c2ccc(C)[nH]c2=O)c1. The molecule has 4 aromatic rings. The Balaban J connectivity index is 1.86. The van der Waals surface area contributed by atoms with Crippen LogP contribution in [0, 0.1) is 13.8 Å². The van der Waals surface area contributed by atoms with E-state index in [0.717, 1.165) is 22.5 Å². The van der Waals surface area contributed by atoms with Crippen molar-refractivity contribution in [1.29, 1.82) is 0 Å². The normalized spacial score (nSPS) is 10.9. The molecule has 134 valence electrons. The summed E-state index contributed by atoms with van der Waals surface area (Å²) >= 11 is 0. The van der Waals surface area contributed by atoms with Crippen molar-refractivity contribution in [3.8, 4) is 17.1 Å². The number of pyridine rings is 1. The predicted octanol–water partition coefficient (Wildman–Crippen LogP) is 3.83. The van der Waals surface area contributed by atoms with Gasteiger partial charge in [0.2, 0.25) is 0 Å². The monoisotopic (exact) mass is 356 g/mol. The Morgan fingerprint density at radius 3 is 2.52 bits per heavy atom. The van der Waals surface area contributed by atoms with Crippen LogP contribution in [0.2, 0.25) is 0 Å². The first-order valence-corrected chi connectivity index (χ1v) is 8.87. The highest BCUT2D eigenvalue weighted by Crippen LogP contribution is 2.20. The van der Waals surface area contributed by atoms with Gasteiger partial charge in [-0.25, -0.2) is 9.67 Å². The second-order valence-electron chi connectivity index (χ2n) is 6.65. The van der Waals surface area contributed by atoms with E-state index in [0.29, 0.717) is 23.6 Å². The minimum atomic E-state index is -0.164. The first kappa shape index (κ1) is 17.0. The molecule has 1 N–H and O–H groups in total. The van der Waals surface area contributed by atoms with Gasteiger partial charge in [0.1, 0.15) is 0 Å². The number of rotatable bonds is 4. The molecular weight excluding hydrogens is 336 g/mol. The minimum absolute atomic E-state index is 0.164. The number of aromatic amines is 1. The highest BCUT2D eigenvalue weighted by atomic mass is 16.1. The molecule has 0 unspecified atom stereocenters. The van der Waals surface area contributed by atoms with Crippen LogP contribution in [0.3, 0.4) is 0 Å². The van der Waals surface area contributed by atoms with Crippen molar-refractivity contribution in [2.45, 2.75) is 20.3 Å². The summed E-state index contributed by atoms with van der Waals surface area (Å²) in [7, 11) is 0. The van der Waals surface area contributed by atoms with Crippen LogP contribution < -0.4 is 5.56 Å². The van der Waals surface area contributed by atoms with E-state index < -0.39 is 0 Å². The van der Waals surface area contributed by atoms with Crippen molar-refractivity contribution in [3.05, 3.63) is 99.7 Å². The summed E-state index contributed by atoms with van der Waals surface area (Å²) in [6.45, 7) is 3.89. The van der Waals surface area contributed by atoms with Crippen LogP contribution in [0.25, 0.3) is 17.1 Å². The topological polar surface area (TPSA) is 63.6 Å². The highest BCUT2D eigenvalue weighted by Gasteiger charge is 2.17. The molecule has 2 aromatic carbocycles. The molecule has 2 aromatic heterocycles. The maximum Gasteiger partial charge on any atom is 0.259 e. The zero-order valence-electron chi connectivity index (χ0n) is 15.3. The minimum Gasteiger partial charge on any atom is -0.326 e. The number of aromatic nitrogens is 4. The standard InChI is InChI=1S/C22H20N4O/c1-15-7-6-10-18(13-15)26-21(19-12-11-16(2)23-22(19)27)24-20(25-26)14-17-8-4-3-5-9-17/h3-13H,14H2,1-2H3,(H,23,27). The lowest BCUT2D eigenvalue weighted by molar-refractivity contribution is 0.850. The quantitative estimate of drug-likeness (QED) is 0.604. The van der Waals surface area contributed by atoms with Gasteiger partial charge in [0.05, 0.1) is 11.3 Å². The summed E-state index contributed by atoms with van der Waals surface area (Å²) < 4.78 is 1.76. The van der Waals surface area contributed by atoms with Crippen molar-refractivity contribution < 1.29 is 0 Å². The molecule has 0 amide bonds. The summed E-state index contributed by atoms with van der Waals surface area (Å²) in [5, 5.41) is 4.71. The number of aryl methyl sites for hydroxylation is 2. The maximum atomic E-state index is 12.5. The Labute approximate surface area is 157 Å². The third kappa shape index (κ3) is 3.58. The molecule has 0 aliphatic heterocycles. The van der Waals surface area contributed by atoms with E-state index in [9.17, 15) is 4.79 Å². The first-order valence-electron chi connectivity index (χ1n) is 8.87. The Morgan fingerprint density at radius 1 is 0.963 bits per heavy atom. The van der Waals surface area contributed by atoms with Crippen molar-refractivity contribution in [3.63, 3.8) is 0 Å². The van der Waals surface area contributed by atoms with Gasteiger partial charge < -0.3 is 4.98 Å². The van der Waals surface area contributed by atoms with E-state index in [-0.39, 0.29) is 5.56 Å². The van der Waals surface area contributed by atoms with Crippen LogP contribution in [0.4, 0.5) is 0 Å². The number of H-pyrrole nitrogens is 1. The number of nitrogens with zero attached hydrogens (tertiary/aromatic N) is 3. The van der Waals surface area contributed by atoms with E-state index in [4.69, 9.17) is 10.1 Å². The van der Waals surface area contributed by atoms with Crippen LogP contribution in [0.5, 0.6) is 0 Å². The molecule has 0 saturated heterocycles. The summed E-state index contributed by atoms with van der Waals surface area (Å²) in [6, 6.07) is 21.8. The summed E-state index contributed by atoms with van der Waals surface area (Å²) in [4.78, 5) is 20.1. The van der Waals surface area contributed by atoms with Gasteiger partial charge in [0, 0.05) is 12.1 Å². The molecule has 0 radical (unpaired) electrons. The molecule has 0 atom stereocenters. The lowest BCUT2D eigenvalue weighted by Crippen LogP contribution is -2.12. The van der Waals surface area contributed by atoms with Gasteiger partial charge in [-0.2, -0.15) is 5.10 Å².